The van der Waals surface area contributed by atoms with E-state index in [0.29, 0.717) is 13.0 Å². The van der Waals surface area contributed by atoms with Crippen molar-refractivity contribution in [2.45, 2.75) is 12.8 Å². The van der Waals surface area contributed by atoms with Crippen molar-refractivity contribution < 1.29 is 14.7 Å². The maximum atomic E-state index is 12.4. The Bertz CT molecular complexity index is 730. The summed E-state index contributed by atoms with van der Waals surface area (Å²) in [5, 5.41) is 12.0. The normalized spacial score (nSPS) is 16.8. The van der Waals surface area contributed by atoms with Gasteiger partial charge in [0.25, 0.3) is 0 Å². The zero-order valence-electron chi connectivity index (χ0n) is 13.3. The summed E-state index contributed by atoms with van der Waals surface area (Å²) in [6.45, 7) is 0.742. The average molecular weight is 324 g/mol. The van der Waals surface area contributed by atoms with E-state index in [1.807, 2.05) is 42.5 Å². The number of rotatable bonds is 4. The highest BCUT2D eigenvalue weighted by atomic mass is 16.4. The molecule has 1 unspecified atom stereocenters. The number of benzene rings is 2. The second kappa shape index (κ2) is 7.17. The minimum Gasteiger partial charge on any atom is -0.481 e. The third-order valence-corrected chi connectivity index (χ3v) is 4.32. The fraction of sp³-hybridized carbons (Fsp3) is 0.263. The Kier molecular flexibility index (Phi) is 4.79. The zero-order valence-corrected chi connectivity index (χ0v) is 13.3. The highest BCUT2D eigenvalue weighted by molar-refractivity contribution is 5.91. The molecule has 2 aromatic rings. The molecule has 2 amide bonds. The van der Waals surface area contributed by atoms with Gasteiger partial charge in [-0.25, -0.2) is 4.79 Å². The van der Waals surface area contributed by atoms with Crippen LogP contribution in [0.25, 0.3) is 0 Å². The molecule has 2 N–H and O–H groups in total. The van der Waals surface area contributed by atoms with E-state index in [1.165, 1.54) is 5.56 Å². The number of para-hydroxylation sites is 1. The lowest BCUT2D eigenvalue weighted by atomic mass is 10.0. The fourth-order valence-electron chi connectivity index (χ4n) is 2.95. The van der Waals surface area contributed by atoms with E-state index in [1.54, 1.807) is 4.90 Å². The van der Waals surface area contributed by atoms with Crippen LogP contribution >= 0.6 is 0 Å². The van der Waals surface area contributed by atoms with Crippen LogP contribution in [0.15, 0.2) is 54.6 Å². The van der Waals surface area contributed by atoms with Gasteiger partial charge in [-0.05, 0) is 30.0 Å². The maximum absolute atomic E-state index is 12.4. The second-order valence-corrected chi connectivity index (χ2v) is 6.02. The summed E-state index contributed by atoms with van der Waals surface area (Å²) in [6, 6.07) is 17.5. The molecule has 5 nitrogen and oxygen atoms in total. The van der Waals surface area contributed by atoms with Crippen molar-refractivity contribution in [3.05, 3.63) is 65.7 Å². The first kappa shape index (κ1) is 16.1. The molecule has 1 atom stereocenters. The predicted octanol–water partition coefficient (Wildman–Crippen LogP) is 3.22. The Balaban J connectivity index is 1.69. The number of urea groups is 1. The average Bonchev–Trinajstić information content (AvgIpc) is 3.08. The van der Waals surface area contributed by atoms with E-state index in [2.05, 4.69) is 17.4 Å². The summed E-state index contributed by atoms with van der Waals surface area (Å²) < 4.78 is 0. The van der Waals surface area contributed by atoms with Crippen molar-refractivity contribution in [3.8, 4) is 0 Å². The van der Waals surface area contributed by atoms with Crippen molar-refractivity contribution in [2.24, 2.45) is 5.92 Å². The minimum atomic E-state index is -0.838. The molecule has 0 spiro atoms. The number of hydrogen-bond acceptors (Lipinski definition) is 2. The monoisotopic (exact) mass is 324 g/mol. The molecule has 1 aliphatic heterocycles. The molecule has 1 aliphatic rings. The highest BCUT2D eigenvalue weighted by Crippen LogP contribution is 2.22. The number of carbonyl (C=O) groups excluding carboxylic acids is 1. The molecule has 0 aliphatic carbocycles. The number of anilines is 1. The van der Waals surface area contributed by atoms with Crippen molar-refractivity contribution in [2.75, 3.05) is 18.4 Å². The lowest BCUT2D eigenvalue weighted by Crippen LogP contribution is -2.34. The summed E-state index contributed by atoms with van der Waals surface area (Å²) in [7, 11) is 0. The van der Waals surface area contributed by atoms with Crippen LogP contribution < -0.4 is 5.32 Å². The van der Waals surface area contributed by atoms with Gasteiger partial charge in [-0.15, -0.1) is 0 Å². The number of amides is 2. The highest BCUT2D eigenvalue weighted by Gasteiger charge is 2.30. The van der Waals surface area contributed by atoms with Crippen LogP contribution in [-0.2, 0) is 11.2 Å². The van der Waals surface area contributed by atoms with Gasteiger partial charge in [-0.3, -0.25) is 4.79 Å². The number of likely N-dealkylation sites (tertiary alicyclic amines) is 1. The molecule has 124 valence electrons. The van der Waals surface area contributed by atoms with Crippen LogP contribution in [0.2, 0.25) is 0 Å². The van der Waals surface area contributed by atoms with E-state index in [0.717, 1.165) is 17.7 Å². The molecule has 1 saturated heterocycles. The zero-order chi connectivity index (χ0) is 16.9. The van der Waals surface area contributed by atoms with Gasteiger partial charge in [-0.2, -0.15) is 0 Å². The van der Waals surface area contributed by atoms with Gasteiger partial charge in [0.15, 0.2) is 0 Å². The number of carbonyl (C=O) groups is 2. The standard InChI is InChI=1S/C19H20N2O3/c22-18(23)16-10-11-21(13-16)19(24)20-17-9-5-4-8-15(17)12-14-6-2-1-3-7-14/h1-9,16H,10-13H2,(H,20,24)(H,22,23). The van der Waals surface area contributed by atoms with E-state index < -0.39 is 11.9 Å². The third kappa shape index (κ3) is 3.74. The molecule has 1 fully saturated rings. The van der Waals surface area contributed by atoms with E-state index in [4.69, 9.17) is 5.11 Å². The number of carboxylic acids is 1. The molecule has 0 saturated carbocycles. The summed E-state index contributed by atoms with van der Waals surface area (Å²) in [6.07, 6.45) is 1.24. The Morgan fingerprint density at radius 2 is 1.79 bits per heavy atom. The van der Waals surface area contributed by atoms with Crippen LogP contribution in [0, 0.1) is 5.92 Å². The Labute approximate surface area is 140 Å². The summed E-state index contributed by atoms with van der Waals surface area (Å²) in [5.41, 5.74) is 2.97. The van der Waals surface area contributed by atoms with E-state index in [-0.39, 0.29) is 12.6 Å². The Morgan fingerprint density at radius 1 is 1.08 bits per heavy atom. The number of hydrogen-bond donors (Lipinski definition) is 2. The topological polar surface area (TPSA) is 69.6 Å². The van der Waals surface area contributed by atoms with E-state index in [9.17, 15) is 9.59 Å². The van der Waals surface area contributed by atoms with Gasteiger partial charge < -0.3 is 15.3 Å². The van der Waals surface area contributed by atoms with Crippen LogP contribution in [-0.4, -0.2) is 35.1 Å². The van der Waals surface area contributed by atoms with Gasteiger partial charge in [0, 0.05) is 18.8 Å². The predicted molar refractivity (Wildman–Crippen MR) is 92.0 cm³/mol. The first-order chi connectivity index (χ1) is 11.6. The van der Waals surface area contributed by atoms with Crippen molar-refractivity contribution in [1.82, 2.24) is 4.90 Å². The van der Waals surface area contributed by atoms with Gasteiger partial charge in [-0.1, -0.05) is 48.5 Å². The molecular weight excluding hydrogens is 304 g/mol. The summed E-state index contributed by atoms with van der Waals surface area (Å²) in [4.78, 5) is 25.0. The number of aliphatic carboxylic acids is 1. The lowest BCUT2D eigenvalue weighted by Gasteiger charge is -2.18. The van der Waals surface area contributed by atoms with Crippen molar-refractivity contribution in [3.63, 3.8) is 0 Å². The number of carboxylic acid groups (broad SMARTS) is 1. The third-order valence-electron chi connectivity index (χ3n) is 4.32. The SMILES string of the molecule is O=C(O)C1CCN(C(=O)Nc2ccccc2Cc2ccccc2)C1. The van der Waals surface area contributed by atoms with E-state index >= 15 is 0 Å². The van der Waals surface area contributed by atoms with Gasteiger partial charge in [0.05, 0.1) is 5.92 Å². The molecule has 0 bridgehead atoms. The summed E-state index contributed by atoms with van der Waals surface area (Å²) in [5.74, 6) is -1.30. The molecule has 24 heavy (non-hydrogen) atoms. The molecule has 1 heterocycles. The lowest BCUT2D eigenvalue weighted by molar-refractivity contribution is -0.141. The molecule has 3 rings (SSSR count). The fourth-order valence-corrected chi connectivity index (χ4v) is 2.95. The molecule has 5 heteroatoms. The van der Waals surface area contributed by atoms with Gasteiger partial charge in [0.2, 0.25) is 0 Å². The Morgan fingerprint density at radius 3 is 2.50 bits per heavy atom. The Hall–Kier alpha value is -2.82. The van der Waals surface area contributed by atoms with Crippen LogP contribution in [0.4, 0.5) is 10.5 Å². The number of nitrogens with one attached hydrogen (secondary N) is 1. The van der Waals surface area contributed by atoms with Gasteiger partial charge in [0.1, 0.15) is 0 Å². The van der Waals surface area contributed by atoms with Crippen LogP contribution in [0.5, 0.6) is 0 Å². The van der Waals surface area contributed by atoms with Crippen molar-refractivity contribution in [1.29, 1.82) is 0 Å². The van der Waals surface area contributed by atoms with Crippen LogP contribution in [0.3, 0.4) is 0 Å². The first-order valence-electron chi connectivity index (χ1n) is 8.04. The maximum Gasteiger partial charge on any atom is 0.321 e. The smallest absolute Gasteiger partial charge is 0.321 e. The van der Waals surface area contributed by atoms with Crippen molar-refractivity contribution >= 4 is 17.7 Å². The molecule has 2 aromatic carbocycles. The largest absolute Gasteiger partial charge is 0.481 e. The first-order valence-corrected chi connectivity index (χ1v) is 8.04. The quantitative estimate of drug-likeness (QED) is 0.907. The second-order valence-electron chi connectivity index (χ2n) is 6.02. The molecule has 0 aromatic heterocycles. The van der Waals surface area contributed by atoms with Gasteiger partial charge >= 0.3 is 12.0 Å². The molecular formula is C19H20N2O3. The molecule has 0 radical (unpaired) electrons. The van der Waals surface area contributed by atoms with Crippen LogP contribution in [0.1, 0.15) is 17.5 Å². The minimum absolute atomic E-state index is 0.237. The summed E-state index contributed by atoms with van der Waals surface area (Å²) >= 11 is 0. The number of nitrogens with zero attached hydrogens (tertiary/aromatic N) is 1.